The molecule has 408 valence electrons. The van der Waals surface area contributed by atoms with E-state index >= 15 is 0 Å². The average molecular weight is 982 g/mol. The molecule has 0 radical (unpaired) electrons. The summed E-state index contributed by atoms with van der Waals surface area (Å²) in [5.41, 5.74) is 0. The van der Waals surface area contributed by atoms with Crippen molar-refractivity contribution in [3.63, 3.8) is 0 Å². The zero-order chi connectivity index (χ0) is 50.7. The summed E-state index contributed by atoms with van der Waals surface area (Å²) in [6, 6.07) is 0. The van der Waals surface area contributed by atoms with E-state index in [1.165, 1.54) is 193 Å². The number of hydrogen-bond acceptors (Lipinski definition) is 6. The van der Waals surface area contributed by atoms with E-state index < -0.39 is 6.10 Å². The topological polar surface area (TPSA) is 78.9 Å². The van der Waals surface area contributed by atoms with Crippen molar-refractivity contribution < 1.29 is 28.6 Å². The minimum atomic E-state index is -0.783. The van der Waals surface area contributed by atoms with Gasteiger partial charge in [-0.1, -0.05) is 249 Å². The number of allylic oxidation sites excluding steroid dienone is 8. The Labute approximate surface area is 435 Å². The van der Waals surface area contributed by atoms with Crippen molar-refractivity contribution in [2.75, 3.05) is 13.2 Å². The second kappa shape index (κ2) is 58.9. The van der Waals surface area contributed by atoms with Crippen molar-refractivity contribution in [1.29, 1.82) is 0 Å². The van der Waals surface area contributed by atoms with E-state index in [-0.39, 0.29) is 31.1 Å². The Morgan fingerprint density at radius 2 is 0.514 bits per heavy atom. The van der Waals surface area contributed by atoms with E-state index in [0.29, 0.717) is 19.3 Å². The first kappa shape index (κ1) is 67.4. The molecule has 0 saturated carbocycles. The Balaban J connectivity index is 4.30. The van der Waals surface area contributed by atoms with Gasteiger partial charge in [0.2, 0.25) is 0 Å². The first-order valence-corrected chi connectivity index (χ1v) is 30.6. The highest BCUT2D eigenvalue weighted by Crippen LogP contribution is 2.16. The summed E-state index contributed by atoms with van der Waals surface area (Å²) in [6.07, 6.45) is 72.5. The summed E-state index contributed by atoms with van der Waals surface area (Å²) in [6.45, 7) is 6.62. The number of hydrogen-bond donors (Lipinski definition) is 0. The molecular formula is C64H116O6. The van der Waals surface area contributed by atoms with Crippen LogP contribution in [0.15, 0.2) is 48.6 Å². The monoisotopic (exact) mass is 981 g/mol. The molecular weight excluding hydrogens is 865 g/mol. The zero-order valence-corrected chi connectivity index (χ0v) is 46.8. The molecule has 0 aromatic heterocycles. The molecule has 6 nitrogen and oxygen atoms in total. The summed E-state index contributed by atoms with van der Waals surface area (Å²) in [5, 5.41) is 0. The predicted octanol–water partition coefficient (Wildman–Crippen LogP) is 20.6. The molecule has 0 N–H and O–H groups in total. The summed E-state index contributed by atoms with van der Waals surface area (Å²) in [4.78, 5) is 38.2. The quantitative estimate of drug-likeness (QED) is 0.0261. The molecule has 0 saturated heterocycles. The van der Waals surface area contributed by atoms with E-state index in [9.17, 15) is 14.4 Å². The van der Waals surface area contributed by atoms with Gasteiger partial charge in [0, 0.05) is 19.3 Å². The van der Waals surface area contributed by atoms with E-state index in [0.717, 1.165) is 89.9 Å². The van der Waals surface area contributed by atoms with E-state index in [4.69, 9.17) is 14.2 Å². The van der Waals surface area contributed by atoms with Gasteiger partial charge in [-0.2, -0.15) is 0 Å². The number of carbonyl (C=O) groups is 3. The number of ether oxygens (including phenoxy) is 3. The Kier molecular flexibility index (Phi) is 56.7. The molecule has 1 atom stereocenters. The lowest BCUT2D eigenvalue weighted by atomic mass is 10.0. The van der Waals surface area contributed by atoms with Crippen LogP contribution in [0, 0.1) is 0 Å². The van der Waals surface area contributed by atoms with Crippen LogP contribution in [0.4, 0.5) is 0 Å². The van der Waals surface area contributed by atoms with Gasteiger partial charge in [0.15, 0.2) is 6.10 Å². The van der Waals surface area contributed by atoms with Crippen molar-refractivity contribution in [2.45, 2.75) is 329 Å². The third kappa shape index (κ3) is 56.3. The summed E-state index contributed by atoms with van der Waals surface area (Å²) in [5.74, 6) is -0.889. The van der Waals surface area contributed by atoms with Gasteiger partial charge in [-0.25, -0.2) is 0 Å². The van der Waals surface area contributed by atoms with Gasteiger partial charge in [-0.15, -0.1) is 0 Å². The Bertz CT molecular complexity index is 1220. The largest absolute Gasteiger partial charge is 0.462 e. The summed E-state index contributed by atoms with van der Waals surface area (Å²) in [7, 11) is 0. The van der Waals surface area contributed by atoms with Crippen molar-refractivity contribution in [1.82, 2.24) is 0 Å². The van der Waals surface area contributed by atoms with Crippen LogP contribution in [-0.2, 0) is 28.6 Å². The van der Waals surface area contributed by atoms with Crippen LogP contribution < -0.4 is 0 Å². The highest BCUT2D eigenvalue weighted by molar-refractivity contribution is 5.71. The number of carbonyl (C=O) groups excluding carboxylic acids is 3. The highest BCUT2D eigenvalue weighted by atomic mass is 16.6. The Morgan fingerprint density at radius 1 is 0.286 bits per heavy atom. The lowest BCUT2D eigenvalue weighted by Gasteiger charge is -2.18. The number of unbranched alkanes of at least 4 members (excludes halogenated alkanes) is 37. The fourth-order valence-electron chi connectivity index (χ4n) is 8.88. The molecule has 0 rings (SSSR count). The van der Waals surface area contributed by atoms with Crippen molar-refractivity contribution >= 4 is 17.9 Å². The normalized spacial score (nSPS) is 12.3. The van der Waals surface area contributed by atoms with Crippen LogP contribution in [0.3, 0.4) is 0 Å². The van der Waals surface area contributed by atoms with Gasteiger partial charge in [0.1, 0.15) is 13.2 Å². The standard InChI is InChI=1S/C64H116O6/c1-4-7-10-13-16-19-22-25-27-29-30-31-32-33-34-35-37-39-42-45-48-51-54-57-63(66)69-60-61(59-68-62(65)56-53-50-47-44-41-38-24-21-18-15-12-9-6-3)70-64(67)58-55-52-49-46-43-40-36-28-26-23-20-17-14-11-8-5-2/h20-21,23-24,28-30,36,61H,4-19,22,25-27,31-35,37-60H2,1-3H3/b23-20-,24-21-,30-29-,36-28-. The fourth-order valence-corrected chi connectivity index (χ4v) is 8.88. The Morgan fingerprint density at radius 3 is 0.814 bits per heavy atom. The molecule has 1 unspecified atom stereocenters. The fraction of sp³-hybridized carbons (Fsp3) is 0.828. The predicted molar refractivity (Wildman–Crippen MR) is 302 cm³/mol. The van der Waals surface area contributed by atoms with Crippen LogP contribution in [0.2, 0.25) is 0 Å². The lowest BCUT2D eigenvalue weighted by molar-refractivity contribution is -0.167. The minimum absolute atomic E-state index is 0.0800. The highest BCUT2D eigenvalue weighted by Gasteiger charge is 2.19. The maximum atomic E-state index is 12.9. The Hall–Kier alpha value is -2.63. The maximum Gasteiger partial charge on any atom is 0.306 e. The van der Waals surface area contributed by atoms with E-state index in [1.807, 2.05) is 0 Å². The van der Waals surface area contributed by atoms with Gasteiger partial charge in [0.05, 0.1) is 0 Å². The lowest BCUT2D eigenvalue weighted by Crippen LogP contribution is -2.30. The molecule has 0 aliphatic rings. The van der Waals surface area contributed by atoms with Gasteiger partial charge >= 0.3 is 17.9 Å². The maximum absolute atomic E-state index is 12.9. The van der Waals surface area contributed by atoms with Crippen LogP contribution >= 0.6 is 0 Å². The molecule has 0 aromatic carbocycles. The molecule has 0 spiro atoms. The molecule has 0 aliphatic carbocycles. The average Bonchev–Trinajstić information content (AvgIpc) is 3.36. The van der Waals surface area contributed by atoms with Gasteiger partial charge < -0.3 is 14.2 Å². The third-order valence-corrected chi connectivity index (χ3v) is 13.5. The number of esters is 3. The summed E-state index contributed by atoms with van der Waals surface area (Å²) < 4.78 is 16.9. The van der Waals surface area contributed by atoms with Crippen molar-refractivity contribution in [3.05, 3.63) is 48.6 Å². The molecule has 0 heterocycles. The van der Waals surface area contributed by atoms with Gasteiger partial charge in [0.25, 0.3) is 0 Å². The summed E-state index contributed by atoms with van der Waals surface area (Å²) >= 11 is 0. The second-order valence-corrected chi connectivity index (χ2v) is 20.6. The molecule has 0 amide bonds. The van der Waals surface area contributed by atoms with Crippen molar-refractivity contribution in [2.24, 2.45) is 0 Å². The smallest absolute Gasteiger partial charge is 0.306 e. The van der Waals surface area contributed by atoms with Crippen LogP contribution in [0.1, 0.15) is 323 Å². The molecule has 0 aromatic rings. The SMILES string of the molecule is CCCCCC/C=C\C/C=C\CCCCCCCC(=O)OC(COC(=O)CCCCCCC/C=C\CCCCCC)COC(=O)CCCCCCCCCCCCC/C=C\CCCCCCCCCC. The third-order valence-electron chi connectivity index (χ3n) is 13.5. The number of rotatable bonds is 56. The zero-order valence-electron chi connectivity index (χ0n) is 46.8. The molecule has 0 bridgehead atoms. The van der Waals surface area contributed by atoms with Crippen LogP contribution in [0.5, 0.6) is 0 Å². The van der Waals surface area contributed by atoms with E-state index in [1.54, 1.807) is 0 Å². The van der Waals surface area contributed by atoms with Crippen LogP contribution in [-0.4, -0.2) is 37.2 Å². The van der Waals surface area contributed by atoms with Gasteiger partial charge in [-0.05, 0) is 103 Å². The first-order valence-electron chi connectivity index (χ1n) is 30.6. The molecule has 0 fully saturated rings. The molecule has 0 aliphatic heterocycles. The minimum Gasteiger partial charge on any atom is -0.462 e. The van der Waals surface area contributed by atoms with E-state index in [2.05, 4.69) is 69.4 Å². The van der Waals surface area contributed by atoms with Crippen molar-refractivity contribution in [3.8, 4) is 0 Å². The molecule has 6 heteroatoms. The van der Waals surface area contributed by atoms with Crippen LogP contribution in [0.25, 0.3) is 0 Å². The first-order chi connectivity index (χ1) is 34.5. The van der Waals surface area contributed by atoms with Gasteiger partial charge in [-0.3, -0.25) is 14.4 Å². The second-order valence-electron chi connectivity index (χ2n) is 20.6. The molecule has 70 heavy (non-hydrogen) atoms.